The summed E-state index contributed by atoms with van der Waals surface area (Å²) in [4.78, 5) is 24.5. The van der Waals surface area contributed by atoms with Gasteiger partial charge in [0.2, 0.25) is 17.3 Å². The van der Waals surface area contributed by atoms with Gasteiger partial charge in [0.05, 0.1) is 19.9 Å². The van der Waals surface area contributed by atoms with Gasteiger partial charge in [-0.3, -0.25) is 9.36 Å². The number of carbonyl (C=O) groups excluding carboxylic acids is 1. The average molecular weight is 293 g/mol. The van der Waals surface area contributed by atoms with Crippen LogP contribution in [0.15, 0.2) is 15.0 Å². The molecule has 114 valence electrons. The van der Waals surface area contributed by atoms with Crippen LogP contribution in [0.2, 0.25) is 0 Å². The first-order valence-electron chi connectivity index (χ1n) is 7.18. The molecule has 6 heteroatoms. The van der Waals surface area contributed by atoms with E-state index in [1.165, 1.54) is 14.2 Å². The molecule has 0 radical (unpaired) electrons. The molecule has 3 rings (SSSR count). The topological polar surface area (TPSA) is 70.7 Å². The highest BCUT2D eigenvalue weighted by Crippen LogP contribution is 2.40. The number of ketones is 1. The van der Waals surface area contributed by atoms with E-state index in [0.29, 0.717) is 18.7 Å². The van der Waals surface area contributed by atoms with Crippen LogP contribution >= 0.6 is 0 Å². The zero-order chi connectivity index (χ0) is 15.1. The van der Waals surface area contributed by atoms with Gasteiger partial charge in [0.1, 0.15) is 0 Å². The van der Waals surface area contributed by atoms with E-state index in [0.717, 1.165) is 18.5 Å². The van der Waals surface area contributed by atoms with Crippen molar-refractivity contribution >= 4 is 11.5 Å². The number of methoxy groups -OCH3 is 2. The van der Waals surface area contributed by atoms with Gasteiger partial charge >= 0.3 is 5.76 Å². The molecular weight excluding hydrogens is 274 g/mol. The molecule has 0 saturated carbocycles. The molecule has 0 amide bonds. The van der Waals surface area contributed by atoms with Crippen molar-refractivity contribution in [2.75, 3.05) is 14.2 Å². The lowest BCUT2D eigenvalue weighted by molar-refractivity contribution is -0.122. The van der Waals surface area contributed by atoms with Gasteiger partial charge in [0, 0.05) is 18.4 Å². The normalized spacial score (nSPS) is 28.6. The number of hydrogen-bond donors (Lipinski definition) is 0. The molecule has 2 heterocycles. The Kier molecular flexibility index (Phi) is 3.39. The Morgan fingerprint density at radius 2 is 1.90 bits per heavy atom. The predicted molar refractivity (Wildman–Crippen MR) is 74.7 cm³/mol. The molecule has 1 aromatic heterocycles. The highest BCUT2D eigenvalue weighted by atomic mass is 16.5. The van der Waals surface area contributed by atoms with Crippen molar-refractivity contribution in [3.63, 3.8) is 0 Å². The maximum atomic E-state index is 12.5. The fourth-order valence-corrected chi connectivity index (χ4v) is 3.41. The quantitative estimate of drug-likeness (QED) is 0.832. The van der Waals surface area contributed by atoms with Gasteiger partial charge in [-0.2, -0.15) is 0 Å². The van der Waals surface area contributed by atoms with Gasteiger partial charge in [-0.15, -0.1) is 0 Å². The van der Waals surface area contributed by atoms with Gasteiger partial charge in [0.25, 0.3) is 0 Å². The Hall–Kier alpha value is -1.98. The molecule has 1 aliphatic heterocycles. The van der Waals surface area contributed by atoms with Crippen molar-refractivity contribution in [1.29, 1.82) is 0 Å². The third-order valence-electron chi connectivity index (χ3n) is 4.38. The molecule has 0 unspecified atom stereocenters. The second-order valence-corrected chi connectivity index (χ2v) is 5.64. The van der Waals surface area contributed by atoms with E-state index in [4.69, 9.17) is 13.9 Å². The molecule has 0 fully saturated rings. The Bertz CT molecular complexity index is 666. The minimum Gasteiger partial charge on any atom is -0.490 e. The fourth-order valence-electron chi connectivity index (χ4n) is 3.41. The zero-order valence-corrected chi connectivity index (χ0v) is 12.5. The van der Waals surface area contributed by atoms with Gasteiger partial charge in [0.15, 0.2) is 5.76 Å². The van der Waals surface area contributed by atoms with Crippen molar-refractivity contribution in [2.24, 2.45) is 5.92 Å². The molecular formula is C15H19NO5. The van der Waals surface area contributed by atoms with Crippen LogP contribution in [0.3, 0.4) is 0 Å². The summed E-state index contributed by atoms with van der Waals surface area (Å²) in [5, 5.41) is 0. The number of hydrogen-bond acceptors (Lipinski definition) is 5. The first-order chi connectivity index (χ1) is 10.1. The minimum absolute atomic E-state index is 0.110. The van der Waals surface area contributed by atoms with Crippen LogP contribution in [-0.4, -0.2) is 24.6 Å². The zero-order valence-electron chi connectivity index (χ0n) is 12.5. The third-order valence-corrected chi connectivity index (χ3v) is 4.38. The number of Topliss-reactive ketones (excluding diaryl/α,β-unsaturated/α-hetero) is 1. The predicted octanol–water partition coefficient (Wildman–Crippen LogP) is 1.89. The lowest BCUT2D eigenvalue weighted by Crippen LogP contribution is -2.28. The monoisotopic (exact) mass is 293 g/mol. The summed E-state index contributed by atoms with van der Waals surface area (Å²) in [6, 6.07) is 0. The summed E-state index contributed by atoms with van der Waals surface area (Å²) in [5.74, 6) is 0.169. The molecule has 0 saturated heterocycles. The molecule has 21 heavy (non-hydrogen) atoms. The first-order valence-corrected chi connectivity index (χ1v) is 7.18. The summed E-state index contributed by atoms with van der Waals surface area (Å²) in [6.07, 6.45) is 2.55. The van der Waals surface area contributed by atoms with Crippen molar-refractivity contribution in [2.45, 2.75) is 38.6 Å². The molecule has 1 aromatic rings. The van der Waals surface area contributed by atoms with E-state index in [2.05, 4.69) is 0 Å². The molecule has 0 aromatic carbocycles. The largest absolute Gasteiger partial charge is 0.490 e. The fraction of sp³-hybridized carbons (Fsp3) is 0.600. The van der Waals surface area contributed by atoms with Gasteiger partial charge in [-0.1, -0.05) is 6.92 Å². The smallest absolute Gasteiger partial charge is 0.419 e. The van der Waals surface area contributed by atoms with E-state index in [1.54, 1.807) is 4.57 Å². The molecule has 6 nitrogen and oxygen atoms in total. The van der Waals surface area contributed by atoms with E-state index in [-0.39, 0.29) is 29.1 Å². The van der Waals surface area contributed by atoms with Crippen LogP contribution in [-0.2, 0) is 20.8 Å². The third kappa shape index (κ3) is 2.01. The second-order valence-electron chi connectivity index (χ2n) is 5.64. The number of nitrogens with zero attached hydrogens (tertiary/aromatic N) is 1. The highest BCUT2D eigenvalue weighted by molar-refractivity contribution is 6.01. The summed E-state index contributed by atoms with van der Waals surface area (Å²) >= 11 is 0. The van der Waals surface area contributed by atoms with Crippen LogP contribution in [0.25, 0.3) is 5.76 Å². The van der Waals surface area contributed by atoms with E-state index in [1.807, 2.05) is 6.92 Å². The molecule has 0 N–H and O–H groups in total. The Morgan fingerprint density at radius 3 is 2.57 bits per heavy atom. The molecule has 0 bridgehead atoms. The molecule has 0 spiro atoms. The SMILES string of the molecule is CO/C1=C(\OC)c2oc(=O)n3c2[C@H](CCC3)C[C@H](C)C1=O. The first kappa shape index (κ1) is 14.0. The lowest BCUT2D eigenvalue weighted by Gasteiger charge is -2.28. The number of allylic oxidation sites excluding steroid dienone is 1. The van der Waals surface area contributed by atoms with Crippen LogP contribution in [0.4, 0.5) is 0 Å². The summed E-state index contributed by atoms with van der Waals surface area (Å²) in [5.41, 5.74) is 0.844. The van der Waals surface area contributed by atoms with Gasteiger partial charge < -0.3 is 13.9 Å². The van der Waals surface area contributed by atoms with Crippen molar-refractivity contribution in [3.8, 4) is 0 Å². The van der Waals surface area contributed by atoms with Crippen LogP contribution < -0.4 is 5.76 Å². The summed E-state index contributed by atoms with van der Waals surface area (Å²) < 4.78 is 17.6. The average Bonchev–Trinajstić information content (AvgIpc) is 2.81. The van der Waals surface area contributed by atoms with Gasteiger partial charge in [-0.05, 0) is 19.3 Å². The lowest BCUT2D eigenvalue weighted by atomic mass is 9.82. The maximum Gasteiger partial charge on any atom is 0.419 e. The Balaban J connectivity index is 2.31. The number of oxazole rings is 1. The highest BCUT2D eigenvalue weighted by Gasteiger charge is 2.38. The number of rotatable bonds is 2. The van der Waals surface area contributed by atoms with Crippen molar-refractivity contribution in [3.05, 3.63) is 27.8 Å². The minimum atomic E-state index is -0.392. The second kappa shape index (κ2) is 5.09. The van der Waals surface area contributed by atoms with Crippen LogP contribution in [0, 0.1) is 5.92 Å². The molecule has 2 aliphatic rings. The van der Waals surface area contributed by atoms with Gasteiger partial charge in [-0.25, -0.2) is 4.79 Å². The Labute approximate surface area is 122 Å². The summed E-state index contributed by atoms with van der Waals surface area (Å²) in [6.45, 7) is 2.53. The summed E-state index contributed by atoms with van der Waals surface area (Å²) in [7, 11) is 2.88. The van der Waals surface area contributed by atoms with E-state index in [9.17, 15) is 9.59 Å². The van der Waals surface area contributed by atoms with Crippen LogP contribution in [0.1, 0.15) is 43.6 Å². The maximum absolute atomic E-state index is 12.5. The number of carbonyl (C=O) groups is 1. The van der Waals surface area contributed by atoms with Crippen molar-refractivity contribution < 1.29 is 18.7 Å². The van der Waals surface area contributed by atoms with E-state index < -0.39 is 5.76 Å². The number of aromatic nitrogens is 1. The molecule has 2 atom stereocenters. The number of ether oxygens (including phenoxy) is 2. The van der Waals surface area contributed by atoms with Crippen LogP contribution in [0.5, 0.6) is 0 Å². The molecule has 1 aliphatic carbocycles. The van der Waals surface area contributed by atoms with E-state index >= 15 is 0 Å². The Morgan fingerprint density at radius 1 is 1.19 bits per heavy atom. The standard InChI is InChI=1S/C15H19NO5/c1-8-7-9-5-4-6-16-10(9)12(21-15(16)18)14(20-3)13(19-2)11(8)17/h8-9H,4-7H2,1-3H3/b14-13-/t8-,9+/m0/s1. The van der Waals surface area contributed by atoms with Crippen molar-refractivity contribution in [1.82, 2.24) is 4.57 Å².